The minimum Gasteiger partial charge on any atom is -0.478 e. The van der Waals surface area contributed by atoms with Crippen molar-refractivity contribution >= 4 is 27.6 Å². The van der Waals surface area contributed by atoms with E-state index in [1.165, 1.54) is 18.2 Å². The average Bonchev–Trinajstić information content (AvgIpc) is 2.25. The third kappa shape index (κ3) is 3.43. The van der Waals surface area contributed by atoms with Crippen molar-refractivity contribution in [3.05, 3.63) is 32.8 Å². The molecule has 0 fully saturated rings. The Balaban J connectivity index is 2.97. The summed E-state index contributed by atoms with van der Waals surface area (Å²) in [7, 11) is 0. The largest absolute Gasteiger partial charge is 0.478 e. The molecule has 0 aliphatic carbocycles. The molecule has 1 N–H and O–H groups in total. The molecule has 0 aliphatic heterocycles. The Morgan fingerprint density at radius 3 is 2.50 bits per heavy atom. The van der Waals surface area contributed by atoms with Gasteiger partial charge >= 0.3 is 5.97 Å². The summed E-state index contributed by atoms with van der Waals surface area (Å²) < 4.78 is 5.68. The quantitative estimate of drug-likeness (QED) is 0.666. The van der Waals surface area contributed by atoms with Gasteiger partial charge in [-0.2, -0.15) is 0 Å². The van der Waals surface area contributed by atoms with Crippen LogP contribution in [-0.2, 0) is 4.79 Å². The zero-order valence-electron chi connectivity index (χ0n) is 9.79. The lowest BCUT2D eigenvalue weighted by Gasteiger charge is -2.18. The molecule has 1 aromatic carbocycles. The van der Waals surface area contributed by atoms with Crippen LogP contribution in [0.25, 0.3) is 0 Å². The molecule has 7 heteroatoms. The lowest BCUT2D eigenvalue weighted by atomic mass is 10.1. The molecule has 1 aromatic rings. The predicted molar refractivity (Wildman–Crippen MR) is 67.7 cm³/mol. The normalized spacial score (nSPS) is 12.2. The Labute approximate surface area is 112 Å². The lowest BCUT2D eigenvalue weighted by molar-refractivity contribution is -0.385. The zero-order valence-corrected chi connectivity index (χ0v) is 11.4. The van der Waals surface area contributed by atoms with Gasteiger partial charge in [0, 0.05) is 18.1 Å². The van der Waals surface area contributed by atoms with Gasteiger partial charge in [0.25, 0.3) is 5.69 Å². The molecule has 1 unspecified atom stereocenters. The van der Waals surface area contributed by atoms with Gasteiger partial charge in [0.1, 0.15) is 5.75 Å². The number of carbonyl (C=O) groups is 1. The minimum absolute atomic E-state index is 0.0920. The molecule has 0 heterocycles. The van der Waals surface area contributed by atoms with Crippen LogP contribution in [0.3, 0.4) is 0 Å². The molecule has 0 aromatic heterocycles. The molecular weight excluding hydrogens is 306 g/mol. The van der Waals surface area contributed by atoms with Crippen LogP contribution < -0.4 is 4.74 Å². The van der Waals surface area contributed by atoms with Gasteiger partial charge < -0.3 is 9.84 Å². The van der Waals surface area contributed by atoms with Crippen LogP contribution in [0, 0.1) is 16.0 Å². The highest BCUT2D eigenvalue weighted by atomic mass is 79.9. The van der Waals surface area contributed by atoms with E-state index in [0.717, 1.165) is 0 Å². The zero-order chi connectivity index (χ0) is 13.9. The number of nitro benzene ring substituents is 1. The predicted octanol–water partition coefficient (Wildman–Crippen LogP) is 2.85. The van der Waals surface area contributed by atoms with Crippen molar-refractivity contribution in [3.8, 4) is 5.75 Å². The first-order valence-electron chi connectivity index (χ1n) is 5.16. The van der Waals surface area contributed by atoms with Crippen molar-refractivity contribution in [3.63, 3.8) is 0 Å². The van der Waals surface area contributed by atoms with Crippen LogP contribution in [0.15, 0.2) is 22.7 Å². The highest BCUT2D eigenvalue weighted by Gasteiger charge is 2.24. The van der Waals surface area contributed by atoms with Crippen LogP contribution in [0.1, 0.15) is 13.8 Å². The van der Waals surface area contributed by atoms with Crippen molar-refractivity contribution in [2.45, 2.75) is 20.0 Å². The number of nitrogens with zero attached hydrogens (tertiary/aromatic N) is 1. The molecule has 18 heavy (non-hydrogen) atoms. The van der Waals surface area contributed by atoms with E-state index in [1.54, 1.807) is 13.8 Å². The van der Waals surface area contributed by atoms with Crippen molar-refractivity contribution in [1.82, 2.24) is 0 Å². The van der Waals surface area contributed by atoms with Crippen LogP contribution >= 0.6 is 15.9 Å². The number of aliphatic carboxylic acids is 1. The lowest BCUT2D eigenvalue weighted by Crippen LogP contribution is -2.32. The fourth-order valence-electron chi connectivity index (χ4n) is 1.31. The number of benzene rings is 1. The maximum Gasteiger partial charge on any atom is 0.345 e. The first-order valence-corrected chi connectivity index (χ1v) is 5.95. The summed E-state index contributed by atoms with van der Waals surface area (Å²) >= 11 is 3.12. The SMILES string of the molecule is CC(C)C(Oc1ccc([N+](=O)[O-])cc1Br)C(=O)O. The number of rotatable bonds is 5. The number of nitro groups is 1. The van der Waals surface area contributed by atoms with Crippen molar-refractivity contribution in [1.29, 1.82) is 0 Å². The Hall–Kier alpha value is -1.63. The monoisotopic (exact) mass is 317 g/mol. The molecule has 98 valence electrons. The molecule has 1 atom stereocenters. The maximum absolute atomic E-state index is 11.0. The molecule has 0 radical (unpaired) electrons. The molecule has 0 amide bonds. The van der Waals surface area contributed by atoms with Crippen LogP contribution in [-0.4, -0.2) is 22.1 Å². The molecule has 0 aliphatic rings. The summed E-state index contributed by atoms with van der Waals surface area (Å²) in [4.78, 5) is 21.0. The van der Waals surface area contributed by atoms with Crippen LogP contribution in [0.4, 0.5) is 5.69 Å². The van der Waals surface area contributed by atoms with Gasteiger partial charge in [-0.25, -0.2) is 4.79 Å². The number of ether oxygens (including phenoxy) is 1. The first kappa shape index (κ1) is 14.4. The summed E-state index contributed by atoms with van der Waals surface area (Å²) in [5.41, 5.74) is -0.0920. The fraction of sp³-hybridized carbons (Fsp3) is 0.364. The van der Waals surface area contributed by atoms with E-state index in [1.807, 2.05) is 0 Å². The second-order valence-corrected chi connectivity index (χ2v) is 4.85. The second-order valence-electron chi connectivity index (χ2n) is 3.99. The molecule has 0 saturated carbocycles. The van der Waals surface area contributed by atoms with Crippen molar-refractivity contribution in [2.75, 3.05) is 0 Å². The van der Waals surface area contributed by atoms with Gasteiger partial charge in [0.15, 0.2) is 6.10 Å². The first-order chi connectivity index (χ1) is 8.32. The van der Waals surface area contributed by atoms with E-state index in [4.69, 9.17) is 9.84 Å². The van der Waals surface area contributed by atoms with Crippen LogP contribution in [0.2, 0.25) is 0 Å². The summed E-state index contributed by atoms with van der Waals surface area (Å²) in [5, 5.41) is 19.5. The number of hydrogen-bond acceptors (Lipinski definition) is 4. The number of hydrogen-bond donors (Lipinski definition) is 1. The van der Waals surface area contributed by atoms with Gasteiger partial charge in [-0.05, 0) is 22.0 Å². The molecule has 0 saturated heterocycles. The third-order valence-electron chi connectivity index (χ3n) is 2.23. The topological polar surface area (TPSA) is 89.7 Å². The maximum atomic E-state index is 11.0. The van der Waals surface area contributed by atoms with Gasteiger partial charge in [-0.15, -0.1) is 0 Å². The second kappa shape index (κ2) is 5.81. The summed E-state index contributed by atoms with van der Waals surface area (Å²) in [5.74, 6) is -1.03. The van der Waals surface area contributed by atoms with Crippen molar-refractivity contribution in [2.24, 2.45) is 5.92 Å². The number of carboxylic acid groups (broad SMARTS) is 1. The van der Waals surface area contributed by atoms with E-state index < -0.39 is 17.0 Å². The van der Waals surface area contributed by atoms with Gasteiger partial charge in [-0.3, -0.25) is 10.1 Å². The summed E-state index contributed by atoms with van der Waals surface area (Å²) in [6, 6.07) is 3.91. The van der Waals surface area contributed by atoms with E-state index in [2.05, 4.69) is 15.9 Å². The third-order valence-corrected chi connectivity index (χ3v) is 2.85. The molecular formula is C11H12BrNO5. The molecule has 1 rings (SSSR count). The smallest absolute Gasteiger partial charge is 0.345 e. The Bertz CT molecular complexity index is 475. The van der Waals surface area contributed by atoms with Crippen LogP contribution in [0.5, 0.6) is 5.75 Å². The Morgan fingerprint density at radius 1 is 1.50 bits per heavy atom. The van der Waals surface area contributed by atoms with Gasteiger partial charge in [0.05, 0.1) is 9.40 Å². The van der Waals surface area contributed by atoms with E-state index in [9.17, 15) is 14.9 Å². The minimum atomic E-state index is -1.07. The van der Waals surface area contributed by atoms with E-state index in [-0.39, 0.29) is 17.4 Å². The molecule has 6 nitrogen and oxygen atoms in total. The van der Waals surface area contributed by atoms with Gasteiger partial charge in [-0.1, -0.05) is 13.8 Å². The number of carboxylic acids is 1. The number of halogens is 1. The van der Waals surface area contributed by atoms with E-state index >= 15 is 0 Å². The Morgan fingerprint density at radius 2 is 2.11 bits per heavy atom. The van der Waals surface area contributed by atoms with E-state index in [0.29, 0.717) is 4.47 Å². The highest BCUT2D eigenvalue weighted by molar-refractivity contribution is 9.10. The average molecular weight is 318 g/mol. The summed E-state index contributed by atoms with van der Waals surface area (Å²) in [6.07, 6.45) is -0.997. The van der Waals surface area contributed by atoms with Gasteiger partial charge in [0.2, 0.25) is 0 Å². The van der Waals surface area contributed by atoms with Crippen molar-refractivity contribution < 1.29 is 19.6 Å². The number of non-ortho nitro benzene ring substituents is 1. The molecule has 0 spiro atoms. The highest BCUT2D eigenvalue weighted by Crippen LogP contribution is 2.30. The fourth-order valence-corrected chi connectivity index (χ4v) is 1.77. The standard InChI is InChI=1S/C11H12BrNO5/c1-6(2)10(11(14)15)18-9-4-3-7(13(16)17)5-8(9)12/h3-6,10H,1-2H3,(H,14,15). The molecule has 0 bridgehead atoms. The summed E-state index contributed by atoms with van der Waals surface area (Å²) in [6.45, 7) is 3.44. The Kier molecular flexibility index (Phi) is 4.66.